The van der Waals surface area contributed by atoms with Crippen LogP contribution in [0.5, 0.6) is 5.75 Å². The van der Waals surface area contributed by atoms with E-state index >= 15 is 0 Å². The van der Waals surface area contributed by atoms with Gasteiger partial charge in [0.2, 0.25) is 5.91 Å². The van der Waals surface area contributed by atoms with E-state index in [4.69, 9.17) is 4.74 Å². The number of carbonyl (C=O) groups is 2. The van der Waals surface area contributed by atoms with Crippen LogP contribution < -0.4 is 4.74 Å². The summed E-state index contributed by atoms with van der Waals surface area (Å²) in [6.07, 6.45) is 2.55. The number of benzene rings is 1. The zero-order valence-corrected chi connectivity index (χ0v) is 17.4. The minimum atomic E-state index is -0.159. The molecule has 2 aromatic rings. The normalized spacial score (nSPS) is 21.6. The van der Waals surface area contributed by atoms with Gasteiger partial charge in [0.05, 0.1) is 12.1 Å². The van der Waals surface area contributed by atoms with Gasteiger partial charge in [-0.2, -0.15) is 5.10 Å². The van der Waals surface area contributed by atoms with Crippen LogP contribution in [0.3, 0.4) is 0 Å². The first-order chi connectivity index (χ1) is 13.9. The summed E-state index contributed by atoms with van der Waals surface area (Å²) < 4.78 is 7.98. The summed E-state index contributed by atoms with van der Waals surface area (Å²) >= 11 is 0. The van der Waals surface area contributed by atoms with Crippen molar-refractivity contribution in [2.45, 2.75) is 59.1 Å². The van der Waals surface area contributed by atoms with Gasteiger partial charge in [-0.15, -0.1) is 0 Å². The number of hydrogen-bond donors (Lipinski definition) is 0. The highest BCUT2D eigenvalue weighted by Crippen LogP contribution is 2.34. The van der Waals surface area contributed by atoms with Crippen LogP contribution in [0.2, 0.25) is 0 Å². The molecule has 2 aliphatic rings. The van der Waals surface area contributed by atoms with Crippen LogP contribution in [-0.4, -0.2) is 50.5 Å². The van der Waals surface area contributed by atoms with Crippen LogP contribution in [0.1, 0.15) is 53.3 Å². The molecule has 7 heteroatoms. The van der Waals surface area contributed by atoms with Crippen molar-refractivity contribution in [2.24, 2.45) is 5.92 Å². The second-order valence-corrected chi connectivity index (χ2v) is 8.20. The van der Waals surface area contributed by atoms with Crippen LogP contribution in [0.25, 0.3) is 0 Å². The van der Waals surface area contributed by atoms with Gasteiger partial charge >= 0.3 is 0 Å². The van der Waals surface area contributed by atoms with Crippen molar-refractivity contribution in [3.63, 3.8) is 0 Å². The summed E-state index contributed by atoms with van der Waals surface area (Å²) in [5.74, 6) is 2.68. The average Bonchev–Trinajstić information content (AvgIpc) is 3.03. The van der Waals surface area contributed by atoms with Crippen molar-refractivity contribution in [3.05, 3.63) is 41.0 Å². The Morgan fingerprint density at radius 1 is 1.28 bits per heavy atom. The molecule has 0 saturated carbocycles. The van der Waals surface area contributed by atoms with E-state index in [9.17, 15) is 9.59 Å². The van der Waals surface area contributed by atoms with Crippen molar-refractivity contribution < 1.29 is 14.3 Å². The largest absolute Gasteiger partial charge is 0.489 e. The molecule has 1 amide bonds. The molecule has 0 bridgehead atoms. The van der Waals surface area contributed by atoms with Crippen molar-refractivity contribution in [1.29, 1.82) is 0 Å². The number of amides is 1. The summed E-state index contributed by atoms with van der Waals surface area (Å²) in [6, 6.07) is 5.76. The van der Waals surface area contributed by atoms with Crippen molar-refractivity contribution in [2.75, 3.05) is 13.1 Å². The SMILES string of the molecule is Cc1ccc2c(c1)C(=O)CC(C1CCCN(C(=O)CCn3nc(C)nc3C)C1)O2. The maximum absolute atomic E-state index is 12.8. The van der Waals surface area contributed by atoms with E-state index in [1.165, 1.54) is 0 Å². The number of ketones is 1. The first-order valence-corrected chi connectivity index (χ1v) is 10.4. The Kier molecular flexibility index (Phi) is 5.39. The van der Waals surface area contributed by atoms with Gasteiger partial charge in [-0.05, 0) is 45.7 Å². The highest BCUT2D eigenvalue weighted by Gasteiger charge is 2.35. The van der Waals surface area contributed by atoms with Crippen LogP contribution in [-0.2, 0) is 11.3 Å². The Morgan fingerprint density at radius 2 is 2.10 bits per heavy atom. The summed E-state index contributed by atoms with van der Waals surface area (Å²) in [4.78, 5) is 31.6. The van der Waals surface area contributed by atoms with Gasteiger partial charge in [-0.1, -0.05) is 11.6 Å². The Hall–Kier alpha value is -2.70. The Labute approximate surface area is 171 Å². The van der Waals surface area contributed by atoms with Crippen LogP contribution >= 0.6 is 0 Å². The van der Waals surface area contributed by atoms with Crippen LogP contribution in [0.15, 0.2) is 18.2 Å². The van der Waals surface area contributed by atoms with Gasteiger partial charge in [0.15, 0.2) is 5.78 Å². The molecule has 0 aliphatic carbocycles. The lowest BCUT2D eigenvalue weighted by Crippen LogP contribution is -2.46. The molecule has 0 N–H and O–H groups in total. The molecule has 1 aromatic heterocycles. The summed E-state index contributed by atoms with van der Waals surface area (Å²) in [5.41, 5.74) is 1.75. The standard InChI is InChI=1S/C22H28N4O3/c1-14-6-7-20-18(11-14)19(27)12-21(29-20)17-5-4-9-25(13-17)22(28)8-10-26-16(3)23-15(2)24-26/h6-7,11,17,21H,4-5,8-10,12-13H2,1-3H3. The second kappa shape index (κ2) is 7.97. The highest BCUT2D eigenvalue weighted by atomic mass is 16.5. The van der Waals surface area contributed by atoms with E-state index in [-0.39, 0.29) is 23.7 Å². The Morgan fingerprint density at radius 3 is 2.86 bits per heavy atom. The van der Waals surface area contributed by atoms with Crippen LogP contribution in [0, 0.1) is 26.7 Å². The van der Waals surface area contributed by atoms with Crippen LogP contribution in [0.4, 0.5) is 0 Å². The lowest BCUT2D eigenvalue weighted by atomic mass is 9.86. The van der Waals surface area contributed by atoms with E-state index in [1.54, 1.807) is 4.68 Å². The smallest absolute Gasteiger partial charge is 0.224 e. The fourth-order valence-corrected chi connectivity index (χ4v) is 4.40. The van der Waals surface area contributed by atoms with Crippen molar-refractivity contribution >= 4 is 11.7 Å². The molecule has 2 aliphatic heterocycles. The number of likely N-dealkylation sites (tertiary alicyclic amines) is 1. The number of aromatic nitrogens is 3. The quantitative estimate of drug-likeness (QED) is 0.794. The third-order valence-electron chi connectivity index (χ3n) is 5.94. The molecule has 2 unspecified atom stereocenters. The number of nitrogens with zero attached hydrogens (tertiary/aromatic N) is 4. The molecule has 1 saturated heterocycles. The van der Waals surface area contributed by atoms with Gasteiger partial charge in [-0.25, -0.2) is 9.67 Å². The number of Topliss-reactive ketones (excluding diaryl/α,β-unsaturated/α-hetero) is 1. The van der Waals surface area contributed by atoms with E-state index < -0.39 is 0 Å². The second-order valence-electron chi connectivity index (χ2n) is 8.20. The Balaban J connectivity index is 1.38. The molecule has 1 fully saturated rings. The summed E-state index contributed by atoms with van der Waals surface area (Å²) in [6.45, 7) is 7.68. The molecular formula is C22H28N4O3. The molecule has 0 spiro atoms. The molecular weight excluding hydrogens is 368 g/mol. The molecule has 4 rings (SSSR count). The van der Waals surface area contributed by atoms with Gasteiger partial charge in [0, 0.05) is 31.8 Å². The van der Waals surface area contributed by atoms with E-state index in [1.807, 2.05) is 43.9 Å². The number of carbonyl (C=O) groups excluding carboxylic acids is 2. The number of aryl methyl sites for hydroxylation is 4. The predicted molar refractivity (Wildman–Crippen MR) is 108 cm³/mol. The number of hydrogen-bond acceptors (Lipinski definition) is 5. The van der Waals surface area contributed by atoms with Crippen molar-refractivity contribution in [3.8, 4) is 5.75 Å². The minimum Gasteiger partial charge on any atom is -0.489 e. The highest BCUT2D eigenvalue weighted by molar-refractivity contribution is 6.00. The number of ether oxygens (including phenoxy) is 1. The first-order valence-electron chi connectivity index (χ1n) is 10.4. The first kappa shape index (κ1) is 19.6. The third kappa shape index (κ3) is 4.18. The monoisotopic (exact) mass is 396 g/mol. The molecule has 2 atom stereocenters. The number of piperidine rings is 1. The molecule has 7 nitrogen and oxygen atoms in total. The van der Waals surface area contributed by atoms with E-state index in [0.717, 1.165) is 36.6 Å². The zero-order chi connectivity index (χ0) is 20.5. The molecule has 1 aromatic carbocycles. The minimum absolute atomic E-state index is 0.125. The number of rotatable bonds is 4. The maximum Gasteiger partial charge on any atom is 0.224 e. The summed E-state index contributed by atoms with van der Waals surface area (Å²) in [7, 11) is 0. The van der Waals surface area contributed by atoms with Gasteiger partial charge < -0.3 is 9.64 Å². The molecule has 0 radical (unpaired) electrons. The van der Waals surface area contributed by atoms with Crippen molar-refractivity contribution in [1.82, 2.24) is 19.7 Å². The van der Waals surface area contributed by atoms with Gasteiger partial charge in [0.1, 0.15) is 23.5 Å². The molecule has 3 heterocycles. The molecule has 154 valence electrons. The van der Waals surface area contributed by atoms with Gasteiger partial charge in [0.25, 0.3) is 0 Å². The Bertz CT molecular complexity index is 936. The fourth-order valence-electron chi connectivity index (χ4n) is 4.40. The predicted octanol–water partition coefficient (Wildman–Crippen LogP) is 2.87. The third-order valence-corrected chi connectivity index (χ3v) is 5.94. The molecule has 29 heavy (non-hydrogen) atoms. The lowest BCUT2D eigenvalue weighted by Gasteiger charge is -2.38. The zero-order valence-electron chi connectivity index (χ0n) is 17.4. The maximum atomic E-state index is 12.8. The lowest BCUT2D eigenvalue weighted by molar-refractivity contribution is -0.134. The fraction of sp³-hybridized carbons (Fsp3) is 0.545. The topological polar surface area (TPSA) is 77.3 Å². The van der Waals surface area contributed by atoms with E-state index in [2.05, 4.69) is 10.1 Å². The number of fused-ring (bicyclic) bond motifs is 1. The van der Waals surface area contributed by atoms with E-state index in [0.29, 0.717) is 37.2 Å². The van der Waals surface area contributed by atoms with Gasteiger partial charge in [-0.3, -0.25) is 9.59 Å². The summed E-state index contributed by atoms with van der Waals surface area (Å²) in [5, 5.41) is 4.33. The average molecular weight is 396 g/mol.